The first-order valence-electron chi connectivity index (χ1n) is 4.03. The molecule has 0 fully saturated rings. The summed E-state index contributed by atoms with van der Waals surface area (Å²) in [6, 6.07) is 3.37. The lowest BCUT2D eigenvalue weighted by Crippen LogP contribution is -2.01. The normalized spacial score (nSPS) is 10.9. The van der Waals surface area contributed by atoms with Gasteiger partial charge >= 0.3 is 0 Å². The topological polar surface area (TPSA) is 101 Å². The van der Waals surface area contributed by atoms with Gasteiger partial charge in [0.1, 0.15) is 11.6 Å². The minimum Gasteiger partial charge on any atom is -0.258 e. The van der Waals surface area contributed by atoms with Crippen LogP contribution in [0.15, 0.2) is 17.0 Å². The van der Waals surface area contributed by atoms with Crippen LogP contribution < -0.4 is 0 Å². The van der Waals surface area contributed by atoms with Gasteiger partial charge in [-0.25, -0.2) is 8.42 Å². The van der Waals surface area contributed by atoms with E-state index < -0.39 is 24.6 Å². The molecule has 0 atom stereocenters. The van der Waals surface area contributed by atoms with Crippen LogP contribution in [-0.4, -0.2) is 13.3 Å². The van der Waals surface area contributed by atoms with E-state index in [2.05, 4.69) is 0 Å². The molecule has 6 nitrogen and oxygen atoms in total. The molecule has 0 heterocycles. The zero-order valence-electron chi connectivity index (χ0n) is 8.05. The Morgan fingerprint density at radius 2 is 2.06 bits per heavy atom. The molecule has 0 aromatic heterocycles. The maximum atomic E-state index is 11.2. The maximum absolute atomic E-state index is 11.2. The van der Waals surface area contributed by atoms with Crippen molar-refractivity contribution in [1.29, 1.82) is 5.26 Å². The van der Waals surface area contributed by atoms with E-state index in [0.717, 1.165) is 12.1 Å². The summed E-state index contributed by atoms with van der Waals surface area (Å²) in [5.74, 6) is -0.228. The van der Waals surface area contributed by atoms with Gasteiger partial charge in [0.2, 0.25) is 0 Å². The van der Waals surface area contributed by atoms with Gasteiger partial charge in [0.15, 0.2) is 0 Å². The number of halogens is 2. The van der Waals surface area contributed by atoms with Gasteiger partial charge in [0.05, 0.1) is 9.82 Å². The van der Waals surface area contributed by atoms with Gasteiger partial charge in [0.25, 0.3) is 14.7 Å². The fraction of sp³-hybridized carbons (Fsp3) is 0.125. The molecule has 0 N–H and O–H groups in total. The van der Waals surface area contributed by atoms with Crippen LogP contribution in [0, 0.1) is 21.4 Å². The Morgan fingerprint density at radius 1 is 1.47 bits per heavy atom. The quantitative estimate of drug-likeness (QED) is 0.368. The van der Waals surface area contributed by atoms with Crippen LogP contribution in [0.2, 0.25) is 0 Å². The predicted molar refractivity (Wildman–Crippen MR) is 60.4 cm³/mol. The Balaban J connectivity index is 3.70. The summed E-state index contributed by atoms with van der Waals surface area (Å²) < 4.78 is 22.4. The summed E-state index contributed by atoms with van der Waals surface area (Å²) >= 11 is 5.50. The van der Waals surface area contributed by atoms with Gasteiger partial charge in [-0.3, -0.25) is 10.1 Å². The van der Waals surface area contributed by atoms with Gasteiger partial charge in [0, 0.05) is 22.6 Å². The molecule has 0 aliphatic heterocycles. The number of nitrogens with zero attached hydrogens (tertiary/aromatic N) is 2. The van der Waals surface area contributed by atoms with E-state index in [9.17, 15) is 18.5 Å². The smallest absolute Gasteiger partial charge is 0.258 e. The molecule has 9 heteroatoms. The highest BCUT2D eigenvalue weighted by Gasteiger charge is 2.23. The van der Waals surface area contributed by atoms with Gasteiger partial charge in [-0.05, 0) is 11.6 Å². The van der Waals surface area contributed by atoms with Gasteiger partial charge in [-0.2, -0.15) is 5.26 Å². The largest absolute Gasteiger partial charge is 0.288 e. The van der Waals surface area contributed by atoms with Gasteiger partial charge in [-0.1, -0.05) is 0 Å². The average Bonchev–Trinajstić information content (AvgIpc) is 2.25. The van der Waals surface area contributed by atoms with Crippen molar-refractivity contribution in [1.82, 2.24) is 0 Å². The molecular weight excluding hydrogens is 291 g/mol. The molecule has 0 amide bonds. The Hall–Kier alpha value is -1.36. The van der Waals surface area contributed by atoms with Crippen molar-refractivity contribution in [2.75, 3.05) is 0 Å². The van der Waals surface area contributed by atoms with E-state index in [-0.39, 0.29) is 17.0 Å². The van der Waals surface area contributed by atoms with Crippen molar-refractivity contribution in [3.05, 3.63) is 33.4 Å². The molecular formula is C8H4Cl2N2O4S. The maximum Gasteiger partial charge on any atom is 0.288 e. The third kappa shape index (κ3) is 2.85. The third-order valence-corrected chi connectivity index (χ3v) is 3.59. The fourth-order valence-electron chi connectivity index (χ4n) is 1.19. The zero-order valence-corrected chi connectivity index (χ0v) is 10.4. The molecule has 0 bridgehead atoms. The number of nitro groups is 1. The van der Waals surface area contributed by atoms with Crippen LogP contribution >= 0.6 is 22.3 Å². The molecule has 0 aliphatic rings. The number of hydrogen-bond donors (Lipinski definition) is 0. The van der Waals surface area contributed by atoms with E-state index in [1.165, 1.54) is 0 Å². The highest BCUT2D eigenvalue weighted by atomic mass is 35.7. The lowest BCUT2D eigenvalue weighted by atomic mass is 10.1. The molecule has 1 aromatic carbocycles. The first-order chi connectivity index (χ1) is 7.81. The zero-order chi connectivity index (χ0) is 13.2. The SMILES string of the molecule is N#Cc1cc(CCl)c(S(=O)(=O)Cl)cc1[N+](=O)[O-]. The van der Waals surface area contributed by atoms with Crippen molar-refractivity contribution in [3.8, 4) is 6.07 Å². The van der Waals surface area contributed by atoms with Crippen molar-refractivity contribution in [3.63, 3.8) is 0 Å². The molecule has 0 aliphatic carbocycles. The monoisotopic (exact) mass is 294 g/mol. The molecule has 0 saturated heterocycles. The standard InChI is InChI=1S/C8H4Cl2N2O4S/c9-3-5-1-6(4-11)7(12(13)14)2-8(5)17(10,15)16/h1-2H,3H2. The van der Waals surface area contributed by atoms with Crippen LogP contribution in [0.4, 0.5) is 5.69 Å². The first kappa shape index (κ1) is 13.7. The van der Waals surface area contributed by atoms with E-state index >= 15 is 0 Å². The number of nitro benzene ring substituents is 1. The molecule has 0 radical (unpaired) electrons. The molecule has 1 rings (SSSR count). The van der Waals surface area contributed by atoms with Crippen LogP contribution in [0.5, 0.6) is 0 Å². The Labute approximate surface area is 106 Å². The van der Waals surface area contributed by atoms with E-state index in [1.54, 1.807) is 6.07 Å². The van der Waals surface area contributed by atoms with E-state index in [1.807, 2.05) is 0 Å². The Kier molecular flexibility index (Phi) is 3.93. The lowest BCUT2D eigenvalue weighted by molar-refractivity contribution is -0.385. The van der Waals surface area contributed by atoms with Crippen LogP contribution in [0.1, 0.15) is 11.1 Å². The number of nitriles is 1. The molecule has 0 saturated carbocycles. The molecule has 90 valence electrons. The number of alkyl halides is 1. The molecule has 17 heavy (non-hydrogen) atoms. The lowest BCUT2D eigenvalue weighted by Gasteiger charge is -2.04. The molecule has 1 aromatic rings. The van der Waals surface area contributed by atoms with Gasteiger partial charge in [-0.15, -0.1) is 11.6 Å². The highest BCUT2D eigenvalue weighted by Crippen LogP contribution is 2.29. The number of benzene rings is 1. The van der Waals surface area contributed by atoms with E-state index in [0.29, 0.717) is 0 Å². The summed E-state index contributed by atoms with van der Waals surface area (Å²) in [6.45, 7) is 0. The summed E-state index contributed by atoms with van der Waals surface area (Å²) in [5.41, 5.74) is -0.848. The van der Waals surface area contributed by atoms with Gasteiger partial charge < -0.3 is 0 Å². The van der Waals surface area contributed by atoms with Crippen molar-refractivity contribution < 1.29 is 13.3 Å². The molecule has 0 unspecified atom stereocenters. The average molecular weight is 295 g/mol. The second kappa shape index (κ2) is 4.87. The van der Waals surface area contributed by atoms with Crippen molar-refractivity contribution in [2.24, 2.45) is 0 Å². The predicted octanol–water partition coefficient (Wildman–Crippen LogP) is 2.13. The first-order valence-corrected chi connectivity index (χ1v) is 6.87. The van der Waals surface area contributed by atoms with Crippen LogP contribution in [-0.2, 0) is 14.9 Å². The second-order valence-corrected chi connectivity index (χ2v) is 5.72. The third-order valence-electron chi connectivity index (χ3n) is 1.90. The summed E-state index contributed by atoms with van der Waals surface area (Å²) in [6.07, 6.45) is 0. The Bertz CT molecular complexity index is 621. The minimum atomic E-state index is -4.15. The number of rotatable bonds is 3. The summed E-state index contributed by atoms with van der Waals surface area (Å²) in [4.78, 5) is 9.33. The molecule has 0 spiro atoms. The van der Waals surface area contributed by atoms with E-state index in [4.69, 9.17) is 27.5 Å². The highest BCUT2D eigenvalue weighted by molar-refractivity contribution is 8.13. The Morgan fingerprint density at radius 3 is 2.41 bits per heavy atom. The van der Waals surface area contributed by atoms with Crippen LogP contribution in [0.3, 0.4) is 0 Å². The second-order valence-electron chi connectivity index (χ2n) is 2.92. The summed E-state index contributed by atoms with van der Waals surface area (Å²) in [7, 11) is 0.970. The fourth-order valence-corrected chi connectivity index (χ4v) is 2.61. The minimum absolute atomic E-state index is 0.0452. The van der Waals surface area contributed by atoms with Crippen molar-refractivity contribution >= 4 is 37.0 Å². The van der Waals surface area contributed by atoms with Crippen molar-refractivity contribution in [2.45, 2.75) is 10.8 Å². The van der Waals surface area contributed by atoms with Crippen LogP contribution in [0.25, 0.3) is 0 Å². The summed E-state index contributed by atoms with van der Waals surface area (Å²) in [5, 5.41) is 19.3. The number of hydrogen-bond acceptors (Lipinski definition) is 5.